The van der Waals surface area contributed by atoms with Crippen LogP contribution in [0.3, 0.4) is 0 Å². The van der Waals surface area contributed by atoms with Crippen LogP contribution in [0, 0.1) is 12.7 Å². The Hall–Kier alpha value is -2.11. The standard InChI is InChI=1S/C14H19FN2O3/c1-8(2)17(4)13(18)7-20-14(19)10-5-11(15)9(3)12(16)6-10/h5-6,8H,7,16H2,1-4H3. The van der Waals surface area contributed by atoms with Crippen molar-refractivity contribution in [3.8, 4) is 0 Å². The van der Waals surface area contributed by atoms with Gasteiger partial charge < -0.3 is 15.4 Å². The molecule has 5 nitrogen and oxygen atoms in total. The first-order valence-corrected chi connectivity index (χ1v) is 6.22. The second-order valence-electron chi connectivity index (χ2n) is 4.85. The molecule has 0 spiro atoms. The molecule has 6 heteroatoms. The minimum Gasteiger partial charge on any atom is -0.452 e. The molecule has 0 aromatic heterocycles. The van der Waals surface area contributed by atoms with Gasteiger partial charge in [-0.05, 0) is 32.9 Å². The molecule has 1 amide bonds. The van der Waals surface area contributed by atoms with Crippen LogP contribution in [0.4, 0.5) is 10.1 Å². The maximum absolute atomic E-state index is 13.5. The zero-order valence-electron chi connectivity index (χ0n) is 12.1. The van der Waals surface area contributed by atoms with Gasteiger partial charge in [0.05, 0.1) is 5.56 Å². The lowest BCUT2D eigenvalue weighted by atomic mass is 10.1. The summed E-state index contributed by atoms with van der Waals surface area (Å²) in [6, 6.07) is 2.39. The van der Waals surface area contributed by atoms with Gasteiger partial charge in [0.25, 0.3) is 5.91 Å². The van der Waals surface area contributed by atoms with E-state index in [4.69, 9.17) is 10.5 Å². The van der Waals surface area contributed by atoms with Gasteiger partial charge in [0.2, 0.25) is 0 Å². The maximum Gasteiger partial charge on any atom is 0.338 e. The van der Waals surface area contributed by atoms with Gasteiger partial charge in [-0.2, -0.15) is 0 Å². The van der Waals surface area contributed by atoms with Gasteiger partial charge in [0, 0.05) is 24.3 Å². The van der Waals surface area contributed by atoms with Crippen molar-refractivity contribution in [3.05, 3.63) is 29.1 Å². The van der Waals surface area contributed by atoms with Crippen LogP contribution in [-0.4, -0.2) is 36.5 Å². The van der Waals surface area contributed by atoms with E-state index in [9.17, 15) is 14.0 Å². The van der Waals surface area contributed by atoms with Crippen molar-refractivity contribution >= 4 is 17.6 Å². The summed E-state index contributed by atoms with van der Waals surface area (Å²) in [6.45, 7) is 4.81. The number of likely N-dealkylation sites (N-methyl/N-ethyl adjacent to an activating group) is 1. The van der Waals surface area contributed by atoms with Gasteiger partial charge in [0.15, 0.2) is 6.61 Å². The normalized spacial score (nSPS) is 10.5. The van der Waals surface area contributed by atoms with Gasteiger partial charge in [-0.25, -0.2) is 9.18 Å². The summed E-state index contributed by atoms with van der Waals surface area (Å²) >= 11 is 0. The predicted molar refractivity (Wildman–Crippen MR) is 73.7 cm³/mol. The lowest BCUT2D eigenvalue weighted by molar-refractivity contribution is -0.134. The second kappa shape index (κ2) is 6.36. The summed E-state index contributed by atoms with van der Waals surface area (Å²) in [6.07, 6.45) is 0. The van der Waals surface area contributed by atoms with Gasteiger partial charge in [-0.1, -0.05) is 0 Å². The smallest absolute Gasteiger partial charge is 0.338 e. The summed E-state index contributed by atoms with van der Waals surface area (Å²) in [4.78, 5) is 24.9. The van der Waals surface area contributed by atoms with Crippen molar-refractivity contribution in [1.82, 2.24) is 4.90 Å². The molecule has 110 valence electrons. The Bertz CT molecular complexity index is 506. The Morgan fingerprint density at radius 2 is 2.00 bits per heavy atom. The van der Waals surface area contributed by atoms with Crippen molar-refractivity contribution < 1.29 is 18.7 Å². The number of hydrogen-bond donors (Lipinski definition) is 1. The van der Waals surface area contributed by atoms with Crippen molar-refractivity contribution in [2.45, 2.75) is 26.8 Å². The molecule has 20 heavy (non-hydrogen) atoms. The highest BCUT2D eigenvalue weighted by Gasteiger charge is 2.17. The molecule has 0 aliphatic heterocycles. The van der Waals surface area contributed by atoms with Crippen LogP contribution >= 0.6 is 0 Å². The summed E-state index contributed by atoms with van der Waals surface area (Å²) in [5.74, 6) is -1.68. The Morgan fingerprint density at radius 1 is 1.40 bits per heavy atom. The number of halogens is 1. The molecular weight excluding hydrogens is 263 g/mol. The summed E-state index contributed by atoms with van der Waals surface area (Å²) in [5.41, 5.74) is 6.02. The summed E-state index contributed by atoms with van der Waals surface area (Å²) in [7, 11) is 1.62. The Morgan fingerprint density at radius 3 is 2.50 bits per heavy atom. The molecule has 0 heterocycles. The molecule has 0 saturated heterocycles. The first kappa shape index (κ1) is 15.9. The van der Waals surface area contributed by atoms with Gasteiger partial charge >= 0.3 is 5.97 Å². The highest BCUT2D eigenvalue weighted by molar-refractivity contribution is 5.92. The van der Waals surface area contributed by atoms with Crippen molar-refractivity contribution in [1.29, 1.82) is 0 Å². The fourth-order valence-electron chi connectivity index (χ4n) is 1.42. The van der Waals surface area contributed by atoms with Crippen LogP contribution in [0.15, 0.2) is 12.1 Å². The number of ether oxygens (including phenoxy) is 1. The predicted octanol–water partition coefficient (Wildman–Crippen LogP) is 1.74. The lowest BCUT2D eigenvalue weighted by Gasteiger charge is -2.21. The number of rotatable bonds is 4. The third-order valence-corrected chi connectivity index (χ3v) is 3.11. The molecule has 1 rings (SSSR count). The number of carbonyl (C=O) groups is 2. The molecule has 2 N–H and O–H groups in total. The topological polar surface area (TPSA) is 72.6 Å². The van der Waals surface area contributed by atoms with E-state index in [2.05, 4.69) is 0 Å². The molecule has 1 aromatic carbocycles. The average Bonchev–Trinajstić information content (AvgIpc) is 2.39. The maximum atomic E-state index is 13.5. The highest BCUT2D eigenvalue weighted by atomic mass is 19.1. The summed E-state index contributed by atoms with van der Waals surface area (Å²) in [5, 5.41) is 0. The molecule has 0 bridgehead atoms. The molecule has 0 aliphatic rings. The average molecular weight is 282 g/mol. The van der Waals surface area contributed by atoms with Crippen LogP contribution < -0.4 is 5.73 Å². The monoisotopic (exact) mass is 282 g/mol. The number of anilines is 1. The Kier molecular flexibility index (Phi) is 5.07. The zero-order valence-corrected chi connectivity index (χ0v) is 12.1. The third kappa shape index (κ3) is 3.69. The van der Waals surface area contributed by atoms with Crippen LogP contribution in [0.25, 0.3) is 0 Å². The number of nitrogens with two attached hydrogens (primary N) is 1. The highest BCUT2D eigenvalue weighted by Crippen LogP contribution is 2.18. The minimum absolute atomic E-state index is 0.00802. The number of hydrogen-bond acceptors (Lipinski definition) is 4. The number of nitrogen functional groups attached to an aromatic ring is 1. The van der Waals surface area contributed by atoms with E-state index in [1.54, 1.807) is 7.05 Å². The molecule has 0 atom stereocenters. The number of esters is 1. The molecule has 1 aromatic rings. The minimum atomic E-state index is -0.777. The second-order valence-corrected chi connectivity index (χ2v) is 4.85. The van der Waals surface area contributed by atoms with Crippen molar-refractivity contribution in [2.24, 2.45) is 0 Å². The van der Waals surface area contributed by atoms with Crippen LogP contribution in [0.5, 0.6) is 0 Å². The van der Waals surface area contributed by atoms with E-state index < -0.39 is 11.8 Å². The molecular formula is C14H19FN2O3. The van der Waals surface area contributed by atoms with Crippen LogP contribution in [0.1, 0.15) is 29.8 Å². The van der Waals surface area contributed by atoms with Gasteiger partial charge in [-0.3, -0.25) is 4.79 Å². The summed E-state index contributed by atoms with van der Waals surface area (Å²) < 4.78 is 18.3. The third-order valence-electron chi connectivity index (χ3n) is 3.11. The molecule has 0 radical (unpaired) electrons. The number of carbonyl (C=O) groups excluding carboxylic acids is 2. The van der Waals surface area contributed by atoms with Crippen molar-refractivity contribution in [3.63, 3.8) is 0 Å². The van der Waals surface area contributed by atoms with Gasteiger partial charge in [0.1, 0.15) is 5.82 Å². The van der Waals surface area contributed by atoms with E-state index in [1.807, 2.05) is 13.8 Å². The van der Waals surface area contributed by atoms with Crippen LogP contribution in [0.2, 0.25) is 0 Å². The van der Waals surface area contributed by atoms with Crippen LogP contribution in [-0.2, 0) is 9.53 Å². The van der Waals surface area contributed by atoms with Gasteiger partial charge in [-0.15, -0.1) is 0 Å². The fourth-order valence-corrected chi connectivity index (χ4v) is 1.42. The quantitative estimate of drug-likeness (QED) is 0.674. The number of nitrogens with zero attached hydrogens (tertiary/aromatic N) is 1. The van der Waals surface area contributed by atoms with E-state index in [1.165, 1.54) is 17.9 Å². The molecule has 0 saturated carbocycles. The number of amides is 1. The molecule has 0 aliphatic carbocycles. The first-order chi connectivity index (χ1) is 9.23. The van der Waals surface area contributed by atoms with E-state index in [0.717, 1.165) is 6.07 Å². The Labute approximate surface area is 117 Å². The van der Waals surface area contributed by atoms with E-state index in [0.29, 0.717) is 0 Å². The van der Waals surface area contributed by atoms with E-state index in [-0.39, 0.29) is 35.4 Å². The Balaban J connectivity index is 2.71. The SMILES string of the molecule is Cc1c(N)cc(C(=O)OCC(=O)N(C)C(C)C)cc1F. The first-order valence-electron chi connectivity index (χ1n) is 6.22. The largest absolute Gasteiger partial charge is 0.452 e. The number of benzene rings is 1. The van der Waals surface area contributed by atoms with Crippen molar-refractivity contribution in [2.75, 3.05) is 19.4 Å². The molecule has 0 unspecified atom stereocenters. The zero-order chi connectivity index (χ0) is 15.4. The molecule has 0 fully saturated rings. The fraction of sp³-hybridized carbons (Fsp3) is 0.429. The lowest BCUT2D eigenvalue weighted by Crippen LogP contribution is -2.36. The van der Waals surface area contributed by atoms with E-state index >= 15 is 0 Å².